The van der Waals surface area contributed by atoms with Crippen LogP contribution >= 0.6 is 0 Å². The minimum Gasteiger partial charge on any atom is -0.497 e. The molecule has 0 saturated carbocycles. The van der Waals surface area contributed by atoms with E-state index in [2.05, 4.69) is 5.32 Å². The summed E-state index contributed by atoms with van der Waals surface area (Å²) in [5.74, 6) is 1.42. The van der Waals surface area contributed by atoms with Crippen molar-refractivity contribution in [2.75, 3.05) is 14.2 Å². The van der Waals surface area contributed by atoms with Crippen molar-refractivity contribution < 1.29 is 14.3 Å². The summed E-state index contributed by atoms with van der Waals surface area (Å²) < 4.78 is 10.5. The molecule has 0 heterocycles. The summed E-state index contributed by atoms with van der Waals surface area (Å²) in [5.41, 5.74) is 3.09. The number of hydrogen-bond acceptors (Lipinski definition) is 3. The molecule has 0 unspecified atom stereocenters. The van der Waals surface area contributed by atoms with E-state index in [0.29, 0.717) is 18.7 Å². The Bertz CT molecular complexity index is 653. The lowest BCUT2D eigenvalue weighted by Gasteiger charge is -2.11. The number of hydrogen-bond donors (Lipinski definition) is 1. The van der Waals surface area contributed by atoms with Crippen LogP contribution in [0.2, 0.25) is 0 Å². The van der Waals surface area contributed by atoms with Crippen molar-refractivity contribution in [2.24, 2.45) is 0 Å². The summed E-state index contributed by atoms with van der Waals surface area (Å²) in [6.07, 6.45) is 0.375. The Morgan fingerprint density at radius 1 is 1.09 bits per heavy atom. The Hall–Kier alpha value is -2.49. The second-order valence-electron chi connectivity index (χ2n) is 5.12. The molecule has 4 heteroatoms. The van der Waals surface area contributed by atoms with Crippen molar-refractivity contribution in [3.63, 3.8) is 0 Å². The number of methoxy groups -OCH3 is 2. The number of nitrogens with one attached hydrogen (secondary N) is 1. The molecule has 0 bridgehead atoms. The zero-order chi connectivity index (χ0) is 15.9. The summed E-state index contributed by atoms with van der Waals surface area (Å²) in [5, 5.41) is 2.92. The third-order valence-corrected chi connectivity index (χ3v) is 3.42. The molecule has 0 fully saturated rings. The Morgan fingerprint density at radius 2 is 1.91 bits per heavy atom. The van der Waals surface area contributed by atoms with Crippen molar-refractivity contribution in [3.05, 3.63) is 59.2 Å². The van der Waals surface area contributed by atoms with E-state index < -0.39 is 0 Å². The van der Waals surface area contributed by atoms with Crippen LogP contribution in [0.3, 0.4) is 0 Å². The molecule has 0 aliphatic heterocycles. The predicted octanol–water partition coefficient (Wildman–Crippen LogP) is 2.87. The minimum absolute atomic E-state index is 0.0107. The number of ether oxygens (including phenoxy) is 2. The van der Waals surface area contributed by atoms with Gasteiger partial charge in [-0.05, 0) is 24.6 Å². The van der Waals surface area contributed by atoms with Crippen molar-refractivity contribution in [1.29, 1.82) is 0 Å². The fraction of sp³-hybridized carbons (Fsp3) is 0.278. The quantitative estimate of drug-likeness (QED) is 0.892. The molecule has 0 atom stereocenters. The van der Waals surface area contributed by atoms with Gasteiger partial charge in [0.15, 0.2) is 0 Å². The van der Waals surface area contributed by atoms with Gasteiger partial charge in [-0.2, -0.15) is 0 Å². The number of amides is 1. The first-order valence-corrected chi connectivity index (χ1v) is 7.15. The monoisotopic (exact) mass is 299 g/mol. The van der Waals surface area contributed by atoms with Gasteiger partial charge in [0.1, 0.15) is 11.5 Å². The highest BCUT2D eigenvalue weighted by Gasteiger charge is 2.08. The first-order chi connectivity index (χ1) is 10.6. The molecule has 1 N–H and O–H groups in total. The van der Waals surface area contributed by atoms with Crippen LogP contribution in [0.25, 0.3) is 0 Å². The smallest absolute Gasteiger partial charge is 0.224 e. The Balaban J connectivity index is 1.96. The van der Waals surface area contributed by atoms with Crippen molar-refractivity contribution >= 4 is 5.91 Å². The van der Waals surface area contributed by atoms with Crippen molar-refractivity contribution in [3.8, 4) is 11.5 Å². The van der Waals surface area contributed by atoms with Crippen LogP contribution in [-0.2, 0) is 17.8 Å². The molecule has 1 amide bonds. The van der Waals surface area contributed by atoms with E-state index in [0.717, 1.165) is 22.4 Å². The number of rotatable bonds is 6. The minimum atomic E-state index is -0.0107. The van der Waals surface area contributed by atoms with Crippen LogP contribution in [0.4, 0.5) is 0 Å². The Labute approximate surface area is 131 Å². The van der Waals surface area contributed by atoms with E-state index in [9.17, 15) is 4.79 Å². The third kappa shape index (κ3) is 4.25. The Morgan fingerprint density at radius 3 is 2.59 bits per heavy atom. The normalized spacial score (nSPS) is 10.1. The van der Waals surface area contributed by atoms with Gasteiger partial charge in [0.05, 0.1) is 20.6 Å². The van der Waals surface area contributed by atoms with E-state index in [1.807, 2.05) is 49.4 Å². The standard InChI is InChI=1S/C18H21NO3/c1-13-5-4-6-14(9-13)10-18(20)19-12-15-7-8-16(21-2)11-17(15)22-3/h4-9,11H,10,12H2,1-3H3,(H,19,20). The molecule has 116 valence electrons. The van der Waals surface area contributed by atoms with Crippen molar-refractivity contribution in [2.45, 2.75) is 19.9 Å². The van der Waals surface area contributed by atoms with E-state index in [-0.39, 0.29) is 5.91 Å². The average molecular weight is 299 g/mol. The highest BCUT2D eigenvalue weighted by atomic mass is 16.5. The summed E-state index contributed by atoms with van der Waals surface area (Å²) in [6, 6.07) is 13.5. The summed E-state index contributed by atoms with van der Waals surface area (Å²) >= 11 is 0. The van der Waals surface area contributed by atoms with Gasteiger partial charge in [0.2, 0.25) is 5.91 Å². The molecule has 0 saturated heterocycles. The third-order valence-electron chi connectivity index (χ3n) is 3.42. The summed E-state index contributed by atoms with van der Waals surface area (Å²) in [7, 11) is 3.21. The fourth-order valence-corrected chi connectivity index (χ4v) is 2.26. The van der Waals surface area contributed by atoms with Crippen LogP contribution in [0.1, 0.15) is 16.7 Å². The molecule has 2 rings (SSSR count). The first-order valence-electron chi connectivity index (χ1n) is 7.15. The molecule has 0 aliphatic rings. The van der Waals surface area contributed by atoms with Crippen LogP contribution in [-0.4, -0.2) is 20.1 Å². The van der Waals surface area contributed by atoms with Crippen LogP contribution in [0.5, 0.6) is 11.5 Å². The van der Waals surface area contributed by atoms with Gasteiger partial charge in [0.25, 0.3) is 0 Å². The van der Waals surface area contributed by atoms with Crippen LogP contribution in [0.15, 0.2) is 42.5 Å². The van der Waals surface area contributed by atoms with Gasteiger partial charge in [-0.15, -0.1) is 0 Å². The molecule has 22 heavy (non-hydrogen) atoms. The molecule has 2 aromatic carbocycles. The number of benzene rings is 2. The second kappa shape index (κ2) is 7.50. The molecule has 0 radical (unpaired) electrons. The van der Waals surface area contributed by atoms with Gasteiger partial charge in [0, 0.05) is 18.2 Å². The van der Waals surface area contributed by atoms with Gasteiger partial charge >= 0.3 is 0 Å². The first kappa shape index (κ1) is 15.9. The zero-order valence-corrected chi connectivity index (χ0v) is 13.2. The van der Waals surface area contributed by atoms with E-state index in [4.69, 9.17) is 9.47 Å². The van der Waals surface area contributed by atoms with E-state index in [1.54, 1.807) is 14.2 Å². The van der Waals surface area contributed by atoms with Crippen LogP contribution < -0.4 is 14.8 Å². The van der Waals surface area contributed by atoms with E-state index >= 15 is 0 Å². The predicted molar refractivity (Wildman–Crippen MR) is 86.3 cm³/mol. The van der Waals surface area contributed by atoms with Gasteiger partial charge in [-0.25, -0.2) is 0 Å². The number of aryl methyl sites for hydroxylation is 1. The highest BCUT2D eigenvalue weighted by Crippen LogP contribution is 2.24. The molecule has 0 aliphatic carbocycles. The Kier molecular flexibility index (Phi) is 5.42. The maximum absolute atomic E-state index is 12.0. The van der Waals surface area contributed by atoms with Crippen LogP contribution in [0, 0.1) is 6.92 Å². The van der Waals surface area contributed by atoms with Gasteiger partial charge in [-0.1, -0.05) is 29.8 Å². The molecule has 2 aromatic rings. The molecule has 0 spiro atoms. The summed E-state index contributed by atoms with van der Waals surface area (Å²) in [6.45, 7) is 2.45. The van der Waals surface area contributed by atoms with E-state index in [1.165, 1.54) is 0 Å². The molecule has 0 aromatic heterocycles. The lowest BCUT2D eigenvalue weighted by Crippen LogP contribution is -2.24. The highest BCUT2D eigenvalue weighted by molar-refractivity contribution is 5.78. The molecular formula is C18H21NO3. The SMILES string of the molecule is COc1ccc(CNC(=O)Cc2cccc(C)c2)c(OC)c1. The van der Waals surface area contributed by atoms with Gasteiger partial charge in [-0.3, -0.25) is 4.79 Å². The fourth-order valence-electron chi connectivity index (χ4n) is 2.26. The maximum Gasteiger partial charge on any atom is 0.224 e. The largest absolute Gasteiger partial charge is 0.497 e. The van der Waals surface area contributed by atoms with Gasteiger partial charge < -0.3 is 14.8 Å². The molecule has 4 nitrogen and oxygen atoms in total. The topological polar surface area (TPSA) is 47.6 Å². The lowest BCUT2D eigenvalue weighted by atomic mass is 10.1. The van der Waals surface area contributed by atoms with Crippen molar-refractivity contribution in [1.82, 2.24) is 5.32 Å². The average Bonchev–Trinajstić information content (AvgIpc) is 2.52. The number of carbonyl (C=O) groups excluding carboxylic acids is 1. The molecular weight excluding hydrogens is 278 g/mol. The maximum atomic E-state index is 12.0. The lowest BCUT2D eigenvalue weighted by molar-refractivity contribution is -0.120. The summed E-state index contributed by atoms with van der Waals surface area (Å²) in [4.78, 5) is 12.0. The number of carbonyl (C=O) groups is 1. The second-order valence-corrected chi connectivity index (χ2v) is 5.12. The zero-order valence-electron chi connectivity index (χ0n) is 13.2.